The second kappa shape index (κ2) is 12.6. The zero-order valence-electron chi connectivity index (χ0n) is 14.6. The van der Waals surface area contributed by atoms with Crippen LogP contribution in [0.1, 0.15) is 38.7 Å². The fourth-order valence-electron chi connectivity index (χ4n) is 2.33. The van der Waals surface area contributed by atoms with Gasteiger partial charge in [0.25, 0.3) is 0 Å². The molecule has 1 aliphatic heterocycles. The molecule has 5 nitrogen and oxygen atoms in total. The van der Waals surface area contributed by atoms with Crippen LogP contribution in [0.25, 0.3) is 0 Å². The van der Waals surface area contributed by atoms with Gasteiger partial charge in [-0.2, -0.15) is 11.8 Å². The Bertz CT molecular complexity index is 478. The molecule has 2 heterocycles. The molecular weight excluding hydrogens is 435 g/mol. The monoisotopic (exact) mass is 464 g/mol. The van der Waals surface area contributed by atoms with E-state index < -0.39 is 0 Å². The zero-order chi connectivity index (χ0) is 16.3. The van der Waals surface area contributed by atoms with Crippen LogP contribution in [-0.2, 0) is 6.54 Å². The molecule has 0 bridgehead atoms. The van der Waals surface area contributed by atoms with Gasteiger partial charge < -0.3 is 15.4 Å². The standard InChI is InChI=1S/C17H28N4OS.HI/c1-3-9-22-16-8-7-14(11-19-16)12-20-17(18-4-2)21-15-6-5-10-23-13-15;/h7-8,11,15H,3-6,9-10,12-13H2,1-2H3,(H2,18,20,21);1H. The highest BCUT2D eigenvalue weighted by molar-refractivity contribution is 14.0. The third-order valence-corrected chi connectivity index (χ3v) is 4.73. The smallest absolute Gasteiger partial charge is 0.213 e. The molecule has 1 aromatic heterocycles. The second-order valence-electron chi connectivity index (χ2n) is 5.61. The lowest BCUT2D eigenvalue weighted by molar-refractivity contribution is 0.305. The number of guanidine groups is 1. The van der Waals surface area contributed by atoms with Crippen molar-refractivity contribution >= 4 is 41.7 Å². The molecule has 1 aliphatic rings. The van der Waals surface area contributed by atoms with E-state index in [1.54, 1.807) is 0 Å². The third-order valence-electron chi connectivity index (χ3n) is 3.52. The summed E-state index contributed by atoms with van der Waals surface area (Å²) < 4.78 is 5.50. The van der Waals surface area contributed by atoms with Gasteiger partial charge in [-0.3, -0.25) is 0 Å². The van der Waals surface area contributed by atoms with E-state index in [4.69, 9.17) is 4.74 Å². The molecule has 0 aliphatic carbocycles. The molecule has 24 heavy (non-hydrogen) atoms. The molecule has 0 radical (unpaired) electrons. The summed E-state index contributed by atoms with van der Waals surface area (Å²) in [5, 5.41) is 6.86. The van der Waals surface area contributed by atoms with Crippen LogP contribution in [0, 0.1) is 0 Å². The topological polar surface area (TPSA) is 58.5 Å². The van der Waals surface area contributed by atoms with Crippen LogP contribution in [0.5, 0.6) is 5.88 Å². The first-order valence-electron chi connectivity index (χ1n) is 8.52. The Labute approximate surface area is 166 Å². The molecule has 0 amide bonds. The maximum absolute atomic E-state index is 5.50. The predicted octanol–water partition coefficient (Wildman–Crippen LogP) is 3.44. The van der Waals surface area contributed by atoms with Crippen LogP contribution in [0.2, 0.25) is 0 Å². The lowest BCUT2D eigenvalue weighted by Gasteiger charge is -2.24. The van der Waals surface area contributed by atoms with Gasteiger partial charge in [-0.25, -0.2) is 9.98 Å². The first kappa shape index (κ1) is 21.3. The summed E-state index contributed by atoms with van der Waals surface area (Å²) in [7, 11) is 0. The predicted molar refractivity (Wildman–Crippen MR) is 114 cm³/mol. The van der Waals surface area contributed by atoms with Crippen molar-refractivity contribution in [3.8, 4) is 5.88 Å². The first-order valence-corrected chi connectivity index (χ1v) is 9.67. The largest absolute Gasteiger partial charge is 0.478 e. The van der Waals surface area contributed by atoms with Gasteiger partial charge in [0.05, 0.1) is 13.2 Å². The maximum atomic E-state index is 5.50. The molecule has 2 rings (SSSR count). The van der Waals surface area contributed by atoms with E-state index in [-0.39, 0.29) is 24.0 Å². The van der Waals surface area contributed by atoms with E-state index in [0.717, 1.165) is 30.2 Å². The molecule has 136 valence electrons. The molecule has 1 unspecified atom stereocenters. The maximum Gasteiger partial charge on any atom is 0.213 e. The van der Waals surface area contributed by atoms with E-state index in [1.807, 2.05) is 30.1 Å². The molecule has 1 atom stereocenters. The van der Waals surface area contributed by atoms with Crippen molar-refractivity contribution < 1.29 is 4.74 Å². The van der Waals surface area contributed by atoms with Crippen molar-refractivity contribution in [1.82, 2.24) is 15.6 Å². The summed E-state index contributed by atoms with van der Waals surface area (Å²) in [4.78, 5) is 8.99. The van der Waals surface area contributed by atoms with Crippen molar-refractivity contribution in [1.29, 1.82) is 0 Å². The van der Waals surface area contributed by atoms with E-state index in [1.165, 1.54) is 18.6 Å². The quantitative estimate of drug-likeness (QED) is 0.368. The normalized spacial score (nSPS) is 17.8. The number of ether oxygens (including phenoxy) is 1. The number of hydrogen-bond donors (Lipinski definition) is 2. The molecule has 1 aromatic rings. The van der Waals surface area contributed by atoms with Gasteiger partial charge in [0, 0.05) is 30.6 Å². The summed E-state index contributed by atoms with van der Waals surface area (Å²) >= 11 is 2.02. The first-order chi connectivity index (χ1) is 11.3. The van der Waals surface area contributed by atoms with Crippen LogP contribution < -0.4 is 15.4 Å². The summed E-state index contributed by atoms with van der Waals surface area (Å²) in [5.41, 5.74) is 1.09. The minimum atomic E-state index is 0. The number of halogens is 1. The molecule has 2 N–H and O–H groups in total. The van der Waals surface area contributed by atoms with E-state index in [2.05, 4.69) is 34.5 Å². The number of pyridine rings is 1. The Balaban J connectivity index is 0.00000288. The van der Waals surface area contributed by atoms with Gasteiger partial charge in [0.15, 0.2) is 5.96 Å². The molecular formula is C17H29IN4OS. The van der Waals surface area contributed by atoms with Gasteiger partial charge in [-0.15, -0.1) is 24.0 Å². The average molecular weight is 464 g/mol. The van der Waals surface area contributed by atoms with Crippen molar-refractivity contribution in [3.05, 3.63) is 23.9 Å². The van der Waals surface area contributed by atoms with Gasteiger partial charge in [-0.1, -0.05) is 13.0 Å². The van der Waals surface area contributed by atoms with Gasteiger partial charge in [0.2, 0.25) is 5.88 Å². The van der Waals surface area contributed by atoms with Gasteiger partial charge >= 0.3 is 0 Å². The molecule has 1 fully saturated rings. The van der Waals surface area contributed by atoms with E-state index >= 15 is 0 Å². The minimum absolute atomic E-state index is 0. The van der Waals surface area contributed by atoms with Crippen molar-refractivity contribution in [2.45, 2.75) is 45.7 Å². The Kier molecular flexibility index (Phi) is 11.2. The second-order valence-corrected chi connectivity index (χ2v) is 6.76. The van der Waals surface area contributed by atoms with Crippen LogP contribution >= 0.6 is 35.7 Å². The Morgan fingerprint density at radius 3 is 2.92 bits per heavy atom. The summed E-state index contributed by atoms with van der Waals surface area (Å²) in [6.07, 6.45) is 5.34. The fraction of sp³-hybridized carbons (Fsp3) is 0.647. The Hall–Kier alpha value is -0.700. The molecule has 0 saturated carbocycles. The molecule has 0 aromatic carbocycles. The number of nitrogens with zero attached hydrogens (tertiary/aromatic N) is 2. The van der Waals surface area contributed by atoms with Gasteiger partial charge in [0.1, 0.15) is 0 Å². The van der Waals surface area contributed by atoms with Crippen LogP contribution in [-0.4, -0.2) is 41.6 Å². The Morgan fingerprint density at radius 2 is 2.29 bits per heavy atom. The lowest BCUT2D eigenvalue weighted by atomic mass is 10.2. The van der Waals surface area contributed by atoms with Crippen LogP contribution in [0.15, 0.2) is 23.3 Å². The van der Waals surface area contributed by atoms with Crippen LogP contribution in [0.3, 0.4) is 0 Å². The summed E-state index contributed by atoms with van der Waals surface area (Å²) in [6, 6.07) is 4.47. The lowest BCUT2D eigenvalue weighted by Crippen LogP contribution is -2.45. The molecule has 1 saturated heterocycles. The zero-order valence-corrected chi connectivity index (χ0v) is 17.7. The summed E-state index contributed by atoms with van der Waals surface area (Å²) in [5.74, 6) is 4.02. The Morgan fingerprint density at radius 1 is 1.42 bits per heavy atom. The highest BCUT2D eigenvalue weighted by atomic mass is 127. The fourth-order valence-corrected chi connectivity index (χ4v) is 3.41. The number of aliphatic imine (C=N–C) groups is 1. The highest BCUT2D eigenvalue weighted by Crippen LogP contribution is 2.16. The van der Waals surface area contributed by atoms with Crippen molar-refractivity contribution in [3.63, 3.8) is 0 Å². The third kappa shape index (κ3) is 7.92. The minimum Gasteiger partial charge on any atom is -0.478 e. The van der Waals surface area contributed by atoms with E-state index in [0.29, 0.717) is 25.1 Å². The SMILES string of the molecule is CCCOc1ccc(CN=C(NCC)NC2CCCSC2)cn1.I. The average Bonchev–Trinajstić information content (AvgIpc) is 2.60. The number of rotatable bonds is 7. The number of thioether (sulfide) groups is 1. The highest BCUT2D eigenvalue weighted by Gasteiger charge is 2.14. The van der Waals surface area contributed by atoms with Crippen molar-refractivity contribution in [2.75, 3.05) is 24.7 Å². The number of hydrogen-bond acceptors (Lipinski definition) is 4. The molecule has 0 spiro atoms. The molecule has 7 heteroatoms. The summed E-state index contributed by atoms with van der Waals surface area (Å²) in [6.45, 7) is 6.37. The van der Waals surface area contributed by atoms with Gasteiger partial charge in [-0.05, 0) is 37.5 Å². The number of nitrogens with one attached hydrogen (secondary N) is 2. The van der Waals surface area contributed by atoms with E-state index in [9.17, 15) is 0 Å². The van der Waals surface area contributed by atoms with Crippen LogP contribution in [0.4, 0.5) is 0 Å². The number of aromatic nitrogens is 1. The van der Waals surface area contributed by atoms with Crippen molar-refractivity contribution in [2.24, 2.45) is 4.99 Å².